The van der Waals surface area contributed by atoms with E-state index in [1.54, 1.807) is 37.4 Å². The van der Waals surface area contributed by atoms with Crippen LogP contribution in [0.4, 0.5) is 5.69 Å². The van der Waals surface area contributed by atoms with Crippen molar-refractivity contribution in [1.82, 2.24) is 15.3 Å². The summed E-state index contributed by atoms with van der Waals surface area (Å²) >= 11 is 1.29. The van der Waals surface area contributed by atoms with E-state index in [1.165, 1.54) is 11.3 Å². The van der Waals surface area contributed by atoms with Crippen molar-refractivity contribution in [2.75, 3.05) is 5.32 Å². The summed E-state index contributed by atoms with van der Waals surface area (Å²) in [6.45, 7) is 1.80. The van der Waals surface area contributed by atoms with Gasteiger partial charge in [-0.05, 0) is 44.0 Å². The molecule has 2 amide bonds. The van der Waals surface area contributed by atoms with Gasteiger partial charge in [0, 0.05) is 12.2 Å². The van der Waals surface area contributed by atoms with Gasteiger partial charge in [0.2, 0.25) is 0 Å². The number of nitrogens with one attached hydrogen (secondary N) is 2. The molecule has 136 valence electrons. The van der Waals surface area contributed by atoms with Crippen LogP contribution in [0.15, 0.2) is 48.7 Å². The zero-order valence-corrected chi connectivity index (χ0v) is 15.5. The first-order valence-electron chi connectivity index (χ1n) is 8.72. The molecule has 6 nitrogen and oxygen atoms in total. The van der Waals surface area contributed by atoms with E-state index < -0.39 is 0 Å². The average Bonchev–Trinajstić information content (AvgIpc) is 3.41. The van der Waals surface area contributed by atoms with Gasteiger partial charge in [-0.25, -0.2) is 4.98 Å². The van der Waals surface area contributed by atoms with Crippen molar-refractivity contribution in [3.8, 4) is 10.7 Å². The van der Waals surface area contributed by atoms with Crippen molar-refractivity contribution in [2.24, 2.45) is 0 Å². The maximum atomic E-state index is 12.8. The summed E-state index contributed by atoms with van der Waals surface area (Å²) in [5, 5.41) is 6.50. The summed E-state index contributed by atoms with van der Waals surface area (Å²) in [7, 11) is 0. The van der Waals surface area contributed by atoms with Crippen molar-refractivity contribution < 1.29 is 9.59 Å². The minimum Gasteiger partial charge on any atom is -0.349 e. The third-order valence-electron chi connectivity index (χ3n) is 4.22. The van der Waals surface area contributed by atoms with Crippen LogP contribution in [-0.4, -0.2) is 27.8 Å². The highest BCUT2D eigenvalue weighted by Crippen LogP contribution is 2.28. The van der Waals surface area contributed by atoms with Crippen LogP contribution in [0.2, 0.25) is 0 Å². The number of hydrogen-bond donors (Lipinski definition) is 2. The number of hydrogen-bond acceptors (Lipinski definition) is 5. The van der Waals surface area contributed by atoms with Gasteiger partial charge in [0.1, 0.15) is 9.88 Å². The molecule has 0 radical (unpaired) electrons. The third-order valence-corrected chi connectivity index (χ3v) is 5.40. The largest absolute Gasteiger partial charge is 0.349 e. The highest BCUT2D eigenvalue weighted by atomic mass is 32.1. The molecule has 27 heavy (non-hydrogen) atoms. The molecule has 4 rings (SSSR count). The molecule has 3 aromatic rings. The van der Waals surface area contributed by atoms with E-state index in [4.69, 9.17) is 0 Å². The predicted molar refractivity (Wildman–Crippen MR) is 105 cm³/mol. The molecule has 0 saturated heterocycles. The van der Waals surface area contributed by atoms with Crippen LogP contribution >= 0.6 is 11.3 Å². The summed E-state index contributed by atoms with van der Waals surface area (Å²) in [5.74, 6) is -0.442. The lowest BCUT2D eigenvalue weighted by Gasteiger charge is -2.10. The lowest BCUT2D eigenvalue weighted by Crippen LogP contribution is -2.27. The Labute approximate surface area is 160 Å². The Bertz CT molecular complexity index is 996. The minimum atomic E-state index is -0.279. The number of aromatic nitrogens is 2. The first kappa shape index (κ1) is 17.4. The van der Waals surface area contributed by atoms with Crippen LogP contribution in [0.5, 0.6) is 0 Å². The first-order valence-corrected chi connectivity index (χ1v) is 9.53. The Balaban J connectivity index is 1.56. The van der Waals surface area contributed by atoms with Gasteiger partial charge in [0.25, 0.3) is 11.8 Å². The molecule has 0 atom stereocenters. The fourth-order valence-electron chi connectivity index (χ4n) is 2.67. The van der Waals surface area contributed by atoms with E-state index in [0.29, 0.717) is 26.8 Å². The van der Waals surface area contributed by atoms with Gasteiger partial charge in [0.15, 0.2) is 0 Å². The molecule has 0 unspecified atom stereocenters. The van der Waals surface area contributed by atoms with Crippen LogP contribution in [0, 0.1) is 6.92 Å². The molecule has 1 aliphatic carbocycles. The predicted octanol–water partition coefficient (Wildman–Crippen LogP) is 3.66. The second kappa shape index (κ2) is 7.28. The quantitative estimate of drug-likeness (QED) is 0.710. The maximum Gasteiger partial charge on any atom is 0.267 e. The topological polar surface area (TPSA) is 84.0 Å². The summed E-state index contributed by atoms with van der Waals surface area (Å²) in [6.07, 6.45) is 3.72. The highest BCUT2D eigenvalue weighted by Gasteiger charge is 2.25. The Morgan fingerprint density at radius 3 is 2.59 bits per heavy atom. The molecule has 0 spiro atoms. The van der Waals surface area contributed by atoms with Crippen LogP contribution in [0.1, 0.15) is 38.6 Å². The Morgan fingerprint density at radius 1 is 1.07 bits per heavy atom. The fourth-order valence-corrected chi connectivity index (χ4v) is 3.60. The van der Waals surface area contributed by atoms with Gasteiger partial charge < -0.3 is 10.6 Å². The van der Waals surface area contributed by atoms with Crippen molar-refractivity contribution in [1.29, 1.82) is 0 Å². The van der Waals surface area contributed by atoms with E-state index in [1.807, 2.05) is 18.2 Å². The van der Waals surface area contributed by atoms with E-state index >= 15 is 0 Å². The first-order chi connectivity index (χ1) is 13.1. The van der Waals surface area contributed by atoms with Gasteiger partial charge in [-0.15, -0.1) is 11.3 Å². The standard InChI is InChI=1S/C20H18N4O2S/c1-12-17(27-20(22-12)16-8-4-5-11-21-16)19(26)24-15-7-3-2-6-14(15)18(25)23-13-9-10-13/h2-8,11,13H,9-10H2,1H3,(H,23,25)(H,24,26). The monoisotopic (exact) mass is 378 g/mol. The summed E-state index contributed by atoms with van der Waals surface area (Å²) in [6, 6.07) is 12.9. The molecule has 0 bridgehead atoms. The Hall–Kier alpha value is -3.06. The molecule has 1 saturated carbocycles. The van der Waals surface area contributed by atoms with Crippen LogP contribution in [-0.2, 0) is 0 Å². The number of carbonyl (C=O) groups is 2. The lowest BCUT2D eigenvalue weighted by molar-refractivity contribution is 0.0952. The molecule has 0 aliphatic heterocycles. The summed E-state index contributed by atoms with van der Waals surface area (Å²) in [5.41, 5.74) is 2.32. The number of thiazole rings is 1. The molecular formula is C20H18N4O2S. The third kappa shape index (κ3) is 3.88. The lowest BCUT2D eigenvalue weighted by atomic mass is 10.1. The van der Waals surface area contributed by atoms with Gasteiger partial charge in [-0.1, -0.05) is 18.2 Å². The highest BCUT2D eigenvalue weighted by molar-refractivity contribution is 7.17. The van der Waals surface area contributed by atoms with Crippen molar-refractivity contribution in [3.05, 3.63) is 64.8 Å². The number of anilines is 1. The number of amides is 2. The smallest absolute Gasteiger partial charge is 0.267 e. The zero-order chi connectivity index (χ0) is 18.8. The molecule has 2 aromatic heterocycles. The van der Waals surface area contributed by atoms with Gasteiger partial charge in [-0.3, -0.25) is 14.6 Å². The molecule has 2 N–H and O–H groups in total. The van der Waals surface area contributed by atoms with E-state index in [9.17, 15) is 9.59 Å². The van der Waals surface area contributed by atoms with E-state index in [2.05, 4.69) is 20.6 Å². The van der Waals surface area contributed by atoms with Gasteiger partial charge in [0.05, 0.1) is 22.6 Å². The minimum absolute atomic E-state index is 0.163. The number of pyridine rings is 1. The molecule has 1 aliphatic rings. The Morgan fingerprint density at radius 2 is 1.85 bits per heavy atom. The van der Waals surface area contributed by atoms with E-state index in [-0.39, 0.29) is 17.9 Å². The number of rotatable bonds is 5. The fraction of sp³-hybridized carbons (Fsp3) is 0.200. The van der Waals surface area contributed by atoms with Gasteiger partial charge >= 0.3 is 0 Å². The SMILES string of the molecule is Cc1nc(-c2ccccn2)sc1C(=O)Nc1ccccc1C(=O)NC1CC1. The summed E-state index contributed by atoms with van der Waals surface area (Å²) in [4.78, 5) is 34.5. The molecular weight excluding hydrogens is 360 g/mol. The van der Waals surface area contributed by atoms with Crippen molar-refractivity contribution >= 4 is 28.8 Å². The number of aryl methyl sites for hydroxylation is 1. The number of para-hydroxylation sites is 1. The summed E-state index contributed by atoms with van der Waals surface area (Å²) < 4.78 is 0. The molecule has 1 aromatic carbocycles. The Kier molecular flexibility index (Phi) is 4.68. The number of carbonyl (C=O) groups excluding carboxylic acids is 2. The molecule has 7 heteroatoms. The van der Waals surface area contributed by atoms with Crippen molar-refractivity contribution in [2.45, 2.75) is 25.8 Å². The van der Waals surface area contributed by atoms with E-state index in [0.717, 1.165) is 18.5 Å². The van der Waals surface area contributed by atoms with Crippen molar-refractivity contribution in [3.63, 3.8) is 0 Å². The van der Waals surface area contributed by atoms with Gasteiger partial charge in [-0.2, -0.15) is 0 Å². The number of benzene rings is 1. The normalized spacial score (nSPS) is 13.2. The average molecular weight is 378 g/mol. The van der Waals surface area contributed by atoms with Crippen LogP contribution in [0.3, 0.4) is 0 Å². The zero-order valence-electron chi connectivity index (χ0n) is 14.7. The number of nitrogens with zero attached hydrogens (tertiary/aromatic N) is 2. The maximum absolute atomic E-state index is 12.8. The second-order valence-electron chi connectivity index (χ2n) is 6.40. The second-order valence-corrected chi connectivity index (χ2v) is 7.40. The molecule has 2 heterocycles. The molecule has 1 fully saturated rings. The van der Waals surface area contributed by atoms with Crippen LogP contribution in [0.25, 0.3) is 10.7 Å². The van der Waals surface area contributed by atoms with Crippen LogP contribution < -0.4 is 10.6 Å².